The van der Waals surface area contributed by atoms with Crippen LogP contribution in [0.15, 0.2) is 22.7 Å². The molecule has 0 aliphatic heterocycles. The van der Waals surface area contributed by atoms with E-state index in [1.165, 1.54) is 0 Å². The molecule has 0 aliphatic rings. The fourth-order valence-electron chi connectivity index (χ4n) is 1.74. The maximum atomic E-state index is 10.6. The van der Waals surface area contributed by atoms with E-state index in [0.717, 1.165) is 21.3 Å². The van der Waals surface area contributed by atoms with Gasteiger partial charge in [-0.25, -0.2) is 4.98 Å². The molecule has 0 atom stereocenters. The molecule has 2 aromatic rings. The Morgan fingerprint density at radius 1 is 1.56 bits per heavy atom. The zero-order valence-electron chi connectivity index (χ0n) is 8.77. The normalized spacial score (nSPS) is 10.9. The Bertz CT molecular complexity index is 548. The number of carboxylic acid groups (broad SMARTS) is 1. The highest BCUT2D eigenvalue weighted by atomic mass is 79.9. The Morgan fingerprint density at radius 3 is 3.00 bits per heavy atom. The standard InChI is InChI=1S/C11H11BrN2O2/c1-7-13-9-4-2-3-8(12)11(9)14(7)6-5-10(15)16/h2-4H,5-6H2,1H3,(H,15,16). The van der Waals surface area contributed by atoms with Gasteiger partial charge in [-0.2, -0.15) is 0 Å². The van der Waals surface area contributed by atoms with Gasteiger partial charge in [0.15, 0.2) is 0 Å². The van der Waals surface area contributed by atoms with Crippen molar-refractivity contribution in [2.45, 2.75) is 19.9 Å². The summed E-state index contributed by atoms with van der Waals surface area (Å²) in [6.45, 7) is 2.33. The molecule has 16 heavy (non-hydrogen) atoms. The molecule has 0 spiro atoms. The molecule has 84 valence electrons. The van der Waals surface area contributed by atoms with Crippen LogP contribution in [0.3, 0.4) is 0 Å². The van der Waals surface area contributed by atoms with Crippen molar-refractivity contribution in [3.63, 3.8) is 0 Å². The van der Waals surface area contributed by atoms with Crippen molar-refractivity contribution in [1.82, 2.24) is 9.55 Å². The van der Waals surface area contributed by atoms with Gasteiger partial charge in [-0.1, -0.05) is 6.07 Å². The van der Waals surface area contributed by atoms with Crippen LogP contribution in [0.5, 0.6) is 0 Å². The summed E-state index contributed by atoms with van der Waals surface area (Å²) >= 11 is 3.46. The maximum Gasteiger partial charge on any atom is 0.305 e. The third-order valence-corrected chi connectivity index (χ3v) is 3.10. The summed E-state index contributed by atoms with van der Waals surface area (Å²) in [7, 11) is 0. The molecule has 0 fully saturated rings. The minimum atomic E-state index is -0.798. The van der Waals surface area contributed by atoms with Gasteiger partial charge in [0.25, 0.3) is 0 Å². The summed E-state index contributed by atoms with van der Waals surface area (Å²) in [4.78, 5) is 15.0. The van der Waals surface area contributed by atoms with E-state index < -0.39 is 5.97 Å². The van der Waals surface area contributed by atoms with Gasteiger partial charge in [0.05, 0.1) is 17.5 Å². The van der Waals surface area contributed by atoms with E-state index in [1.807, 2.05) is 29.7 Å². The number of fused-ring (bicyclic) bond motifs is 1. The number of hydrogen-bond acceptors (Lipinski definition) is 2. The highest BCUT2D eigenvalue weighted by Gasteiger charge is 2.10. The molecule has 1 aromatic carbocycles. The van der Waals surface area contributed by atoms with Crippen molar-refractivity contribution in [3.8, 4) is 0 Å². The van der Waals surface area contributed by atoms with Gasteiger partial charge in [-0.3, -0.25) is 4.79 Å². The zero-order valence-corrected chi connectivity index (χ0v) is 10.4. The average molecular weight is 283 g/mol. The quantitative estimate of drug-likeness (QED) is 0.942. The summed E-state index contributed by atoms with van der Waals surface area (Å²) in [5, 5.41) is 8.70. The van der Waals surface area contributed by atoms with Gasteiger partial charge < -0.3 is 9.67 Å². The summed E-state index contributed by atoms with van der Waals surface area (Å²) in [6, 6.07) is 5.77. The van der Waals surface area contributed by atoms with Crippen LogP contribution in [-0.4, -0.2) is 20.6 Å². The SMILES string of the molecule is Cc1nc2cccc(Br)c2n1CCC(=O)O. The lowest BCUT2D eigenvalue weighted by Gasteiger charge is -2.05. The molecule has 0 radical (unpaired) electrons. The Hall–Kier alpha value is -1.36. The smallest absolute Gasteiger partial charge is 0.305 e. The van der Waals surface area contributed by atoms with E-state index in [-0.39, 0.29) is 6.42 Å². The Labute approximate surface area is 101 Å². The number of aromatic nitrogens is 2. The van der Waals surface area contributed by atoms with Crippen molar-refractivity contribution in [3.05, 3.63) is 28.5 Å². The molecule has 1 N–H and O–H groups in total. The van der Waals surface area contributed by atoms with Crippen molar-refractivity contribution < 1.29 is 9.90 Å². The number of benzene rings is 1. The second kappa shape index (κ2) is 4.25. The largest absolute Gasteiger partial charge is 0.481 e. The number of carboxylic acids is 1. The summed E-state index contributed by atoms with van der Waals surface area (Å²) < 4.78 is 2.86. The molecule has 0 saturated heterocycles. The van der Waals surface area contributed by atoms with Crippen LogP contribution in [0.4, 0.5) is 0 Å². The van der Waals surface area contributed by atoms with Gasteiger partial charge >= 0.3 is 5.97 Å². The number of imidazole rings is 1. The lowest BCUT2D eigenvalue weighted by atomic mass is 10.3. The minimum Gasteiger partial charge on any atom is -0.481 e. The topological polar surface area (TPSA) is 55.1 Å². The maximum absolute atomic E-state index is 10.6. The van der Waals surface area contributed by atoms with Crippen LogP contribution in [0.25, 0.3) is 11.0 Å². The summed E-state index contributed by atoms with van der Waals surface area (Å²) in [5.41, 5.74) is 1.85. The van der Waals surface area contributed by atoms with Gasteiger partial charge in [0, 0.05) is 11.0 Å². The van der Waals surface area contributed by atoms with Crippen LogP contribution in [0, 0.1) is 6.92 Å². The highest BCUT2D eigenvalue weighted by Crippen LogP contribution is 2.24. The highest BCUT2D eigenvalue weighted by molar-refractivity contribution is 9.10. The number of aliphatic carboxylic acids is 1. The van der Waals surface area contributed by atoms with E-state index in [0.29, 0.717) is 6.54 Å². The fourth-order valence-corrected chi connectivity index (χ4v) is 2.31. The van der Waals surface area contributed by atoms with Gasteiger partial charge in [-0.05, 0) is 35.0 Å². The van der Waals surface area contributed by atoms with E-state index >= 15 is 0 Å². The first-order chi connectivity index (χ1) is 7.59. The van der Waals surface area contributed by atoms with Crippen molar-refractivity contribution in [1.29, 1.82) is 0 Å². The first-order valence-electron chi connectivity index (χ1n) is 4.92. The average Bonchev–Trinajstić information content (AvgIpc) is 2.52. The van der Waals surface area contributed by atoms with Gasteiger partial charge in [-0.15, -0.1) is 0 Å². The van der Waals surface area contributed by atoms with E-state index in [2.05, 4.69) is 20.9 Å². The second-order valence-corrected chi connectivity index (χ2v) is 4.42. The first-order valence-corrected chi connectivity index (χ1v) is 5.72. The van der Waals surface area contributed by atoms with Crippen molar-refractivity contribution in [2.24, 2.45) is 0 Å². The molecule has 1 aromatic heterocycles. The lowest BCUT2D eigenvalue weighted by Crippen LogP contribution is -2.06. The lowest BCUT2D eigenvalue weighted by molar-refractivity contribution is -0.137. The number of para-hydroxylation sites is 1. The van der Waals surface area contributed by atoms with Crippen LogP contribution in [-0.2, 0) is 11.3 Å². The Kier molecular flexibility index (Phi) is 2.96. The fraction of sp³-hybridized carbons (Fsp3) is 0.273. The number of carbonyl (C=O) groups is 1. The minimum absolute atomic E-state index is 0.105. The molecule has 2 rings (SSSR count). The molecular formula is C11H11BrN2O2. The number of aryl methyl sites for hydroxylation is 2. The predicted octanol–water partition coefficient (Wildman–Crippen LogP) is 2.58. The molecule has 0 aliphatic carbocycles. The Morgan fingerprint density at radius 2 is 2.31 bits per heavy atom. The van der Waals surface area contributed by atoms with Crippen molar-refractivity contribution in [2.75, 3.05) is 0 Å². The number of halogens is 1. The van der Waals surface area contributed by atoms with Crippen LogP contribution < -0.4 is 0 Å². The predicted molar refractivity (Wildman–Crippen MR) is 64.4 cm³/mol. The molecule has 4 nitrogen and oxygen atoms in total. The van der Waals surface area contributed by atoms with Gasteiger partial charge in [0.2, 0.25) is 0 Å². The summed E-state index contributed by atoms with van der Waals surface area (Å²) in [6.07, 6.45) is 0.105. The third kappa shape index (κ3) is 1.95. The van der Waals surface area contributed by atoms with E-state index in [1.54, 1.807) is 0 Å². The van der Waals surface area contributed by atoms with Crippen LogP contribution >= 0.6 is 15.9 Å². The molecule has 0 unspecified atom stereocenters. The second-order valence-electron chi connectivity index (χ2n) is 3.56. The third-order valence-electron chi connectivity index (χ3n) is 2.46. The first kappa shape index (κ1) is 11.1. The molecule has 0 bridgehead atoms. The number of rotatable bonds is 3. The monoisotopic (exact) mass is 282 g/mol. The molecule has 1 heterocycles. The summed E-state index contributed by atoms with van der Waals surface area (Å²) in [5.74, 6) is 0.0384. The zero-order chi connectivity index (χ0) is 11.7. The van der Waals surface area contributed by atoms with Crippen molar-refractivity contribution >= 4 is 32.9 Å². The van der Waals surface area contributed by atoms with Gasteiger partial charge in [0.1, 0.15) is 5.82 Å². The van der Waals surface area contributed by atoms with Crippen LogP contribution in [0.2, 0.25) is 0 Å². The van der Waals surface area contributed by atoms with E-state index in [4.69, 9.17) is 5.11 Å². The van der Waals surface area contributed by atoms with E-state index in [9.17, 15) is 4.79 Å². The Balaban J connectivity index is 2.50. The molecule has 0 saturated carbocycles. The van der Waals surface area contributed by atoms with Crippen LogP contribution in [0.1, 0.15) is 12.2 Å². The molecule has 5 heteroatoms. The number of hydrogen-bond donors (Lipinski definition) is 1. The number of nitrogens with zero attached hydrogens (tertiary/aromatic N) is 2. The molecule has 0 amide bonds. The molecular weight excluding hydrogens is 272 g/mol.